The number of halogens is 50. The molecule has 1 nitrogen and oxygen atoms in total. The van der Waals surface area contributed by atoms with Gasteiger partial charge in [-0.2, -0.15) is 0 Å². The lowest BCUT2D eigenvalue weighted by Crippen LogP contribution is -1.84. The molecule has 0 aliphatic carbocycles. The lowest BCUT2D eigenvalue weighted by molar-refractivity contribution is 0.162. The lowest BCUT2D eigenvalue weighted by atomic mass is 10.8. The second-order valence-corrected chi connectivity index (χ2v) is 23.5. The van der Waals surface area contributed by atoms with Crippen LogP contribution in [0.25, 0.3) is 0 Å². The molecule has 0 heterocycles. The summed E-state index contributed by atoms with van der Waals surface area (Å²) in [6, 6.07) is 0. The Balaban J connectivity index is -0.0000000158. The van der Waals surface area contributed by atoms with Crippen molar-refractivity contribution in [2.24, 2.45) is 0 Å². The number of rotatable bonds is 2. The Morgan fingerprint density at radius 1 is 0.113 bits per heavy atom. The van der Waals surface area contributed by atoms with Gasteiger partial charge in [0.15, 0.2) is 0 Å². The van der Waals surface area contributed by atoms with Crippen molar-refractivity contribution in [3.8, 4) is 0 Å². The van der Waals surface area contributed by atoms with Crippen LogP contribution in [0, 0.1) is 0 Å². The molecule has 51 heteroatoms. The van der Waals surface area contributed by atoms with Gasteiger partial charge in [-0.1, -0.05) is 0 Å². The maximum atomic E-state index is 4.83. The van der Waals surface area contributed by atoms with Gasteiger partial charge in [0.1, 0.15) is 0 Å². The van der Waals surface area contributed by atoms with Gasteiger partial charge in [0, 0.05) is 13.2 Å². The maximum Gasteiger partial charge on any atom is 0.0967 e. The summed E-state index contributed by atoms with van der Waals surface area (Å²) in [6.45, 7) is 5.67. The zero-order chi connectivity index (χ0) is 71.8. The van der Waals surface area contributed by atoms with Gasteiger partial charge < -0.3 is 4.74 Å². The summed E-state index contributed by atoms with van der Waals surface area (Å²) >= 11 is 238. The van der Waals surface area contributed by atoms with Crippen LogP contribution in [-0.4, -0.2) is 147 Å². The molecule has 0 aromatic rings. The summed E-state index contributed by atoms with van der Waals surface area (Å²) in [6.07, 6.45) is 0. The van der Waals surface area contributed by atoms with Crippen molar-refractivity contribution in [3.63, 3.8) is 0 Å². The Bertz CT molecular complexity index is 234. The number of hydrogen-bond acceptors (Lipinski definition) is 1. The molecule has 0 amide bonds. The van der Waals surface area contributed by atoms with E-state index in [1.807, 2.05) is 13.8 Å². The monoisotopic (exact) mass is 2170 g/mol. The van der Waals surface area contributed by atoms with E-state index in [0.29, 0.717) is 0 Å². The van der Waals surface area contributed by atoms with Crippen molar-refractivity contribution in [2.75, 3.05) is 147 Å². The zero-order valence-corrected chi connectivity index (χ0v) is 78.2. The fourth-order valence-electron chi connectivity index (χ4n) is 0.204. The van der Waals surface area contributed by atoms with Gasteiger partial charge >= 0.3 is 0 Å². The zero-order valence-electron chi connectivity index (χ0n) is 40.4. The molecule has 0 bridgehead atoms. The van der Waals surface area contributed by atoms with Crippen molar-refractivity contribution in [3.05, 3.63) is 0 Å². The first-order valence-corrected chi connectivity index (χ1v) is 42.1. The first-order chi connectivity index (χ1) is 37.8. The van der Waals surface area contributed by atoms with Gasteiger partial charge in [-0.25, -0.2) is 0 Å². The molecular formula is C29H60Cl50O. The van der Waals surface area contributed by atoms with Gasteiger partial charge in [0.25, 0.3) is 0 Å². The molecule has 0 atom stereocenters. The van der Waals surface area contributed by atoms with Gasteiger partial charge in [-0.3, -0.25) is 0 Å². The van der Waals surface area contributed by atoms with E-state index in [0.717, 1.165) is 13.2 Å². The Morgan fingerprint density at radius 3 is 0.138 bits per heavy atom. The average Bonchev–Trinajstić information content (AvgIpc) is 3.34. The molecule has 532 valence electrons. The van der Waals surface area contributed by atoms with Crippen LogP contribution in [-0.2, 0) is 4.74 Å². The molecule has 0 aromatic heterocycles. The number of hydrogen-bond donors (Lipinski definition) is 0. The maximum absolute atomic E-state index is 4.83. The Morgan fingerprint density at radius 2 is 0.138 bits per heavy atom. The second kappa shape index (κ2) is 443. The molecule has 0 saturated carbocycles. The lowest BCUT2D eigenvalue weighted by Gasteiger charge is -1.86. The first kappa shape index (κ1) is 176. The largest absolute Gasteiger partial charge is 0.382 e. The fraction of sp³-hybridized carbons (Fsp3) is 1.00. The summed E-state index contributed by atoms with van der Waals surface area (Å²) in [7, 11) is 0. The van der Waals surface area contributed by atoms with Crippen molar-refractivity contribution in [1.29, 1.82) is 0 Å². The highest BCUT2D eigenvalue weighted by Crippen LogP contribution is 1.80. The summed E-state index contributed by atoms with van der Waals surface area (Å²) in [5, 5.41) is 4.86. The summed E-state index contributed by atoms with van der Waals surface area (Å²) in [5.74, 6) is 0. The van der Waals surface area contributed by atoms with Crippen LogP contribution in [0.5, 0.6) is 0 Å². The summed E-state index contributed by atoms with van der Waals surface area (Å²) in [5.41, 5.74) is 0. The average molecular weight is 2200 g/mol. The SMILES string of the molecule is CCOCC.ClCCl.ClCCl.ClCCl.ClCCl.ClCCl.ClCCl.ClCCl.ClCCl.ClCCl.ClCCl.ClCCl.ClCCl.ClCCl.ClCCl.ClCCl.ClCCl.ClCCl.ClCCl.ClCCl.ClCCl.ClCCl.ClCCl.ClCCl.ClCCl.ClCCl. The van der Waals surface area contributed by atoms with Gasteiger partial charge in [0.05, 0.1) is 133 Å². The summed E-state index contributed by atoms with van der Waals surface area (Å²) < 4.78 is 4.83. The second-order valence-electron chi connectivity index (χ2n) is 3.31. The van der Waals surface area contributed by atoms with Crippen molar-refractivity contribution < 1.29 is 4.74 Å². The van der Waals surface area contributed by atoms with Crippen LogP contribution in [0.4, 0.5) is 0 Å². The molecule has 0 aliphatic rings. The Labute approximate surface area is 732 Å². The molecule has 0 spiro atoms. The van der Waals surface area contributed by atoms with E-state index >= 15 is 0 Å². The molecular weight excluding hydrogens is 2140 g/mol. The van der Waals surface area contributed by atoms with Gasteiger partial charge in [-0.05, 0) is 13.8 Å². The third-order valence-electron chi connectivity index (χ3n) is 0.408. The minimum absolute atomic E-state index is 0.194. The third-order valence-corrected chi connectivity index (χ3v) is 0.408. The van der Waals surface area contributed by atoms with Crippen molar-refractivity contribution >= 4 is 580 Å². The summed E-state index contributed by atoms with van der Waals surface area (Å²) in [4.78, 5) is 0. The minimum atomic E-state index is 0.194. The molecule has 0 rings (SSSR count). The molecule has 0 unspecified atom stereocenters. The quantitative estimate of drug-likeness (QED) is 0.250. The molecule has 80 heavy (non-hydrogen) atoms. The Kier molecular flexibility index (Phi) is 975. The highest BCUT2D eigenvalue weighted by atomic mass is 35.6. The minimum Gasteiger partial charge on any atom is -0.382 e. The molecule has 0 N–H and O–H groups in total. The van der Waals surface area contributed by atoms with E-state index in [1.54, 1.807) is 0 Å². The highest BCUT2D eigenvalue weighted by molar-refractivity contribution is 6.47. The third kappa shape index (κ3) is 2850. The van der Waals surface area contributed by atoms with Gasteiger partial charge in [-0.15, -0.1) is 580 Å². The Hall–Kier alpha value is 14.5. The van der Waals surface area contributed by atoms with E-state index in [1.165, 1.54) is 0 Å². The van der Waals surface area contributed by atoms with Crippen molar-refractivity contribution in [2.45, 2.75) is 13.8 Å². The molecule has 0 aromatic carbocycles. The predicted molar refractivity (Wildman–Crippen MR) is 436 cm³/mol. The predicted octanol–water partition coefficient (Wildman–Crippen LogP) is 36.6. The van der Waals surface area contributed by atoms with Crippen molar-refractivity contribution in [1.82, 2.24) is 0 Å². The van der Waals surface area contributed by atoms with E-state index < -0.39 is 0 Å². The molecule has 0 aliphatic heterocycles. The number of alkyl halides is 50. The van der Waals surface area contributed by atoms with E-state index in [9.17, 15) is 0 Å². The standard InChI is InChI=1S/C4H10O.25CH2Cl2/c1-3-5-4-2;25*2-1-3/h3-4H2,1-2H3;25*1H2. The molecule has 0 fully saturated rings. The number of ether oxygens (including phenoxy) is 1. The van der Waals surface area contributed by atoms with Crippen LogP contribution in [0.3, 0.4) is 0 Å². The van der Waals surface area contributed by atoms with Gasteiger partial charge in [0.2, 0.25) is 0 Å². The van der Waals surface area contributed by atoms with Crippen LogP contribution in [0.1, 0.15) is 13.8 Å². The van der Waals surface area contributed by atoms with Crippen LogP contribution < -0.4 is 0 Å². The van der Waals surface area contributed by atoms with Crippen LogP contribution in [0.15, 0.2) is 0 Å². The molecule has 0 radical (unpaired) electrons. The van der Waals surface area contributed by atoms with Crippen LogP contribution in [0.2, 0.25) is 0 Å². The van der Waals surface area contributed by atoms with E-state index in [-0.39, 0.29) is 133 Å². The van der Waals surface area contributed by atoms with E-state index in [2.05, 4.69) is 0 Å². The smallest absolute Gasteiger partial charge is 0.0967 e. The molecule has 0 saturated heterocycles. The van der Waals surface area contributed by atoms with E-state index in [4.69, 9.17) is 585 Å². The highest BCUT2D eigenvalue weighted by Gasteiger charge is 1.64. The normalized spacial score (nSPS) is 6.15. The first-order valence-electron chi connectivity index (χ1n) is 15.4. The fourth-order valence-corrected chi connectivity index (χ4v) is 0.204. The van der Waals surface area contributed by atoms with Crippen LogP contribution >= 0.6 is 580 Å². The topological polar surface area (TPSA) is 9.23 Å².